The summed E-state index contributed by atoms with van der Waals surface area (Å²) in [6.45, 7) is 4.46. The van der Waals surface area contributed by atoms with Crippen LogP contribution < -0.4 is 22.2 Å². The van der Waals surface area contributed by atoms with Gasteiger partial charge in [-0.3, -0.25) is 19.2 Å². The van der Waals surface area contributed by atoms with Crippen molar-refractivity contribution in [2.45, 2.75) is 129 Å². The van der Waals surface area contributed by atoms with Gasteiger partial charge in [0.1, 0.15) is 0 Å². The van der Waals surface area contributed by atoms with E-state index in [2.05, 4.69) is 77.6 Å². The summed E-state index contributed by atoms with van der Waals surface area (Å²) in [6.07, 6.45) is 21.6. The molecule has 0 aliphatic rings. The Bertz CT molecular complexity index is 1950. The highest BCUT2D eigenvalue weighted by Crippen LogP contribution is 2.33. The monoisotopic (exact) mass is 960 g/mol. The Kier molecular flexibility index (Phi) is 15.3. The van der Waals surface area contributed by atoms with E-state index in [1.54, 1.807) is 0 Å². The molecule has 0 unspecified atom stereocenters. The minimum Gasteiger partial charge on any atom is -0.268 e. The van der Waals surface area contributed by atoms with Gasteiger partial charge in [-0.05, 0) is 137 Å². The van der Waals surface area contributed by atoms with Crippen molar-refractivity contribution in [1.82, 2.24) is 9.13 Å². The molecule has 3 aromatic carbocycles. The lowest BCUT2D eigenvalue weighted by Crippen LogP contribution is -2.25. The summed E-state index contributed by atoms with van der Waals surface area (Å²) >= 11 is 14.5. The number of hydrogen-bond acceptors (Lipinski definition) is 4. The molecule has 2 aromatic heterocycles. The van der Waals surface area contributed by atoms with Gasteiger partial charge in [0.05, 0.1) is 32.9 Å². The van der Waals surface area contributed by atoms with Crippen molar-refractivity contribution in [3.63, 3.8) is 0 Å². The van der Waals surface area contributed by atoms with E-state index in [0.717, 1.165) is 45.9 Å². The minimum atomic E-state index is -0.536. The summed E-state index contributed by atoms with van der Waals surface area (Å²) in [5, 5.41) is 0.416. The SMILES string of the molecule is CCCCCCCCCCc1cc(Br)c(-n2c(=O)c3cc4c(=O)n(-c5c(Br)cc(CCCCCCCCCC)cc5Br)c(=O)c4cc3c2=O)c(Br)c1. The number of aromatic nitrogens is 2. The number of aryl methyl sites for hydroxylation is 2. The fraction of sp³-hybridized carbons (Fsp3) is 0.476. The summed E-state index contributed by atoms with van der Waals surface area (Å²) in [5.74, 6) is 0. The molecule has 0 atom stereocenters. The summed E-state index contributed by atoms with van der Waals surface area (Å²) in [5.41, 5.74) is 0.892. The summed E-state index contributed by atoms with van der Waals surface area (Å²) in [6, 6.07) is 10.7. The average molecular weight is 964 g/mol. The Labute approximate surface area is 339 Å². The van der Waals surface area contributed by atoms with Crippen molar-refractivity contribution in [2.75, 3.05) is 0 Å². The lowest BCUT2D eigenvalue weighted by atomic mass is 10.0. The molecule has 278 valence electrons. The second-order valence-electron chi connectivity index (χ2n) is 14.1. The number of hydrogen-bond donors (Lipinski definition) is 0. The molecule has 0 aliphatic carbocycles. The van der Waals surface area contributed by atoms with E-state index in [1.807, 2.05) is 24.3 Å². The standard InChI is InChI=1S/C42H48Br4N2O4/c1-3-5-7-9-11-13-15-17-19-27-21-33(43)37(34(44)22-27)47-39(49)29-25-31-32(26-30(29)40(47)50)42(52)48(41(31)51)38-35(45)23-28(24-36(38)46)20-18-16-14-12-10-8-6-4-2/h21-26H,3-20H2,1-2H3. The molecule has 52 heavy (non-hydrogen) atoms. The van der Waals surface area contributed by atoms with E-state index in [4.69, 9.17) is 0 Å². The second-order valence-corrected chi connectivity index (χ2v) is 17.5. The number of unbranched alkanes of at least 4 members (excludes halogenated alkanes) is 14. The Morgan fingerprint density at radius 1 is 0.385 bits per heavy atom. The van der Waals surface area contributed by atoms with Crippen molar-refractivity contribution in [1.29, 1.82) is 0 Å². The molecular formula is C42H48Br4N2O4. The minimum absolute atomic E-state index is 0.104. The number of rotatable bonds is 20. The second kappa shape index (κ2) is 19.4. The number of fused-ring (bicyclic) bond motifs is 2. The maximum Gasteiger partial charge on any atom is 0.266 e. The molecule has 5 rings (SSSR count). The van der Waals surface area contributed by atoms with Crippen molar-refractivity contribution >= 4 is 85.3 Å². The van der Waals surface area contributed by atoms with Crippen LogP contribution in [0.2, 0.25) is 0 Å². The normalized spacial score (nSPS) is 11.8. The summed E-state index contributed by atoms with van der Waals surface area (Å²) < 4.78 is 4.74. The van der Waals surface area contributed by atoms with Crippen molar-refractivity contribution in [3.05, 3.63) is 107 Å². The third-order valence-corrected chi connectivity index (χ3v) is 12.5. The van der Waals surface area contributed by atoms with Gasteiger partial charge in [-0.15, -0.1) is 0 Å². The first-order chi connectivity index (χ1) is 25.1. The van der Waals surface area contributed by atoms with Crippen LogP contribution in [0.15, 0.2) is 73.5 Å². The van der Waals surface area contributed by atoms with Crippen LogP contribution in [0.3, 0.4) is 0 Å². The zero-order valence-electron chi connectivity index (χ0n) is 30.2. The molecule has 0 radical (unpaired) electrons. The molecule has 0 amide bonds. The Morgan fingerprint density at radius 2 is 0.635 bits per heavy atom. The van der Waals surface area contributed by atoms with Gasteiger partial charge in [0.2, 0.25) is 0 Å². The van der Waals surface area contributed by atoms with E-state index in [-0.39, 0.29) is 21.5 Å². The molecule has 0 aliphatic heterocycles. The van der Waals surface area contributed by atoms with Gasteiger partial charge < -0.3 is 0 Å². The first-order valence-corrected chi connectivity index (χ1v) is 22.2. The van der Waals surface area contributed by atoms with Gasteiger partial charge >= 0.3 is 0 Å². The summed E-state index contributed by atoms with van der Waals surface area (Å²) in [4.78, 5) is 55.4. The van der Waals surface area contributed by atoms with Crippen LogP contribution in [0.4, 0.5) is 0 Å². The molecule has 0 saturated carbocycles. The fourth-order valence-corrected chi connectivity index (χ4v) is 10.5. The van der Waals surface area contributed by atoms with E-state index < -0.39 is 22.2 Å². The van der Waals surface area contributed by atoms with Crippen molar-refractivity contribution in [3.8, 4) is 11.4 Å². The Balaban J connectivity index is 1.37. The van der Waals surface area contributed by atoms with Crippen LogP contribution in [-0.4, -0.2) is 9.13 Å². The van der Waals surface area contributed by atoms with Gasteiger partial charge in [0, 0.05) is 17.9 Å². The molecule has 10 heteroatoms. The van der Waals surface area contributed by atoms with Crippen LogP contribution in [0, 0.1) is 0 Å². The highest BCUT2D eigenvalue weighted by atomic mass is 79.9. The molecule has 0 saturated heterocycles. The molecule has 0 spiro atoms. The quantitative estimate of drug-likeness (QED) is 0.0728. The fourth-order valence-electron chi connectivity index (χ4n) is 7.26. The van der Waals surface area contributed by atoms with Crippen molar-refractivity contribution < 1.29 is 0 Å². The predicted molar refractivity (Wildman–Crippen MR) is 231 cm³/mol. The topological polar surface area (TPSA) is 78.1 Å². The van der Waals surface area contributed by atoms with Crippen LogP contribution in [0.5, 0.6) is 0 Å². The highest BCUT2D eigenvalue weighted by Gasteiger charge is 2.24. The van der Waals surface area contributed by atoms with E-state index >= 15 is 0 Å². The molecule has 6 nitrogen and oxygen atoms in total. The van der Waals surface area contributed by atoms with Crippen molar-refractivity contribution in [2.24, 2.45) is 0 Å². The molecule has 0 N–H and O–H groups in total. The third kappa shape index (κ3) is 9.38. The highest BCUT2D eigenvalue weighted by molar-refractivity contribution is 9.11. The number of nitrogens with zero attached hydrogens (tertiary/aromatic N) is 2. The summed E-state index contributed by atoms with van der Waals surface area (Å²) in [7, 11) is 0. The average Bonchev–Trinajstić information content (AvgIpc) is 3.49. The lowest BCUT2D eigenvalue weighted by Gasteiger charge is -2.11. The van der Waals surface area contributed by atoms with Gasteiger partial charge in [0.25, 0.3) is 22.2 Å². The molecule has 5 aromatic rings. The number of halogens is 4. The van der Waals surface area contributed by atoms with Crippen LogP contribution in [-0.2, 0) is 12.8 Å². The predicted octanol–water partition coefficient (Wildman–Crippen LogP) is 12.3. The molecule has 0 bridgehead atoms. The maximum absolute atomic E-state index is 13.8. The molecule has 2 heterocycles. The maximum atomic E-state index is 13.8. The van der Waals surface area contributed by atoms with Crippen LogP contribution in [0.1, 0.15) is 128 Å². The van der Waals surface area contributed by atoms with Crippen LogP contribution >= 0.6 is 63.7 Å². The van der Waals surface area contributed by atoms with Crippen LogP contribution in [0.25, 0.3) is 32.9 Å². The van der Waals surface area contributed by atoms with E-state index in [0.29, 0.717) is 29.3 Å². The first kappa shape index (κ1) is 41.0. The largest absolute Gasteiger partial charge is 0.268 e. The van der Waals surface area contributed by atoms with Gasteiger partial charge in [-0.25, -0.2) is 9.13 Å². The lowest BCUT2D eigenvalue weighted by molar-refractivity contribution is 0.575. The van der Waals surface area contributed by atoms with Gasteiger partial charge in [-0.2, -0.15) is 0 Å². The van der Waals surface area contributed by atoms with E-state index in [1.165, 1.54) is 102 Å². The van der Waals surface area contributed by atoms with Gasteiger partial charge in [-0.1, -0.05) is 104 Å². The Morgan fingerprint density at radius 3 is 0.904 bits per heavy atom. The number of benzene rings is 3. The zero-order valence-corrected chi connectivity index (χ0v) is 36.6. The smallest absolute Gasteiger partial charge is 0.266 e. The zero-order chi connectivity index (χ0) is 37.4. The Hall–Kier alpha value is -2.14. The van der Waals surface area contributed by atoms with E-state index in [9.17, 15) is 19.2 Å². The van der Waals surface area contributed by atoms with Gasteiger partial charge in [0.15, 0.2) is 0 Å². The molecule has 0 fully saturated rings. The molecular weight excluding hydrogens is 916 g/mol. The third-order valence-electron chi connectivity index (χ3n) is 10.1. The first-order valence-electron chi connectivity index (χ1n) is 19.0.